The highest BCUT2D eigenvalue weighted by Gasteiger charge is 2.22. The summed E-state index contributed by atoms with van der Waals surface area (Å²) in [7, 11) is 0. The normalized spacial score (nSPS) is 13.8. The van der Waals surface area contributed by atoms with Crippen LogP contribution in [0.4, 0.5) is 0 Å². The van der Waals surface area contributed by atoms with Crippen molar-refractivity contribution in [1.82, 2.24) is 14.7 Å². The number of amides is 1. The van der Waals surface area contributed by atoms with Crippen LogP contribution >= 0.6 is 11.3 Å². The van der Waals surface area contributed by atoms with Gasteiger partial charge in [-0.3, -0.25) is 14.0 Å². The van der Waals surface area contributed by atoms with Crippen LogP contribution in [-0.4, -0.2) is 35.1 Å². The highest BCUT2D eigenvalue weighted by atomic mass is 32.1. The van der Waals surface area contributed by atoms with Crippen molar-refractivity contribution < 1.29 is 9.53 Å². The molecule has 0 atom stereocenters. The molecule has 0 saturated carbocycles. The van der Waals surface area contributed by atoms with E-state index in [-0.39, 0.29) is 11.5 Å². The highest BCUT2D eigenvalue weighted by molar-refractivity contribution is 7.18. The third kappa shape index (κ3) is 3.37. The number of pyridine rings is 1. The number of hydrogen-bond donors (Lipinski definition) is 1. The fourth-order valence-corrected chi connectivity index (χ4v) is 4.89. The van der Waals surface area contributed by atoms with E-state index in [1.807, 2.05) is 6.92 Å². The minimum Gasteiger partial charge on any atom is -0.382 e. The van der Waals surface area contributed by atoms with Crippen LogP contribution in [0.5, 0.6) is 0 Å². The van der Waals surface area contributed by atoms with Gasteiger partial charge in [0.15, 0.2) is 5.65 Å². The molecular weight excluding hydrogens is 362 g/mol. The van der Waals surface area contributed by atoms with Gasteiger partial charge >= 0.3 is 0 Å². The number of carbonyl (C=O) groups excluding carboxylic acids is 1. The van der Waals surface area contributed by atoms with Crippen LogP contribution in [0.15, 0.2) is 23.1 Å². The van der Waals surface area contributed by atoms with Crippen molar-refractivity contribution in [2.75, 3.05) is 19.8 Å². The van der Waals surface area contributed by atoms with Crippen LogP contribution in [0.1, 0.15) is 47.0 Å². The monoisotopic (exact) mass is 385 g/mol. The number of thiophene rings is 1. The lowest BCUT2D eigenvalue weighted by atomic mass is 9.97. The van der Waals surface area contributed by atoms with Crippen LogP contribution < -0.4 is 10.9 Å². The summed E-state index contributed by atoms with van der Waals surface area (Å²) in [5, 5.41) is 3.63. The zero-order valence-electron chi connectivity index (χ0n) is 15.4. The first-order valence-corrected chi connectivity index (χ1v) is 10.3. The summed E-state index contributed by atoms with van der Waals surface area (Å²) < 4.78 is 6.80. The third-order valence-corrected chi connectivity index (χ3v) is 6.15. The zero-order valence-corrected chi connectivity index (χ0v) is 16.2. The SMILES string of the molecule is CCOCCCNC(=O)c1cccn2c(=O)c3c4c(sc3nc12)CCCC4. The van der Waals surface area contributed by atoms with E-state index in [2.05, 4.69) is 5.32 Å². The van der Waals surface area contributed by atoms with Crippen molar-refractivity contribution in [3.05, 3.63) is 44.7 Å². The minimum absolute atomic E-state index is 0.0691. The third-order valence-electron chi connectivity index (χ3n) is 4.96. The molecule has 0 unspecified atom stereocenters. The number of nitrogens with zero attached hydrogens (tertiary/aromatic N) is 2. The minimum atomic E-state index is -0.211. The second-order valence-electron chi connectivity index (χ2n) is 6.73. The molecule has 0 spiro atoms. The summed E-state index contributed by atoms with van der Waals surface area (Å²) in [5.41, 5.74) is 1.95. The predicted octanol–water partition coefficient (Wildman–Crippen LogP) is 2.94. The summed E-state index contributed by atoms with van der Waals surface area (Å²) >= 11 is 1.60. The Morgan fingerprint density at radius 3 is 3.07 bits per heavy atom. The lowest BCUT2D eigenvalue weighted by molar-refractivity contribution is 0.0945. The Labute approximate surface area is 161 Å². The summed E-state index contributed by atoms with van der Waals surface area (Å²) in [6.07, 6.45) is 6.69. The number of nitrogens with one attached hydrogen (secondary N) is 1. The first-order valence-electron chi connectivity index (χ1n) is 9.52. The standard InChI is InChI=1S/C20H23N3O3S/c1-2-26-12-6-10-21-18(24)14-8-5-11-23-17(14)22-19-16(20(23)25)13-7-3-4-9-15(13)27-19/h5,8,11H,2-4,6-7,9-10,12H2,1H3,(H,21,24). The molecule has 0 bridgehead atoms. The number of hydrogen-bond acceptors (Lipinski definition) is 5. The van der Waals surface area contributed by atoms with E-state index in [1.165, 1.54) is 14.8 Å². The molecule has 3 aromatic rings. The molecule has 1 amide bonds. The lowest BCUT2D eigenvalue weighted by Gasteiger charge is -2.10. The van der Waals surface area contributed by atoms with Crippen LogP contribution in [0.25, 0.3) is 15.9 Å². The Bertz CT molecular complexity index is 1050. The van der Waals surface area contributed by atoms with Gasteiger partial charge in [0.2, 0.25) is 0 Å². The molecule has 7 heteroatoms. The summed E-state index contributed by atoms with van der Waals surface area (Å²) in [6.45, 7) is 3.76. The Balaban J connectivity index is 1.71. The zero-order chi connectivity index (χ0) is 18.8. The maximum absolute atomic E-state index is 13.1. The molecule has 0 aromatic carbocycles. The van der Waals surface area contributed by atoms with Crippen molar-refractivity contribution in [1.29, 1.82) is 0 Å². The molecule has 0 fully saturated rings. The van der Waals surface area contributed by atoms with Gasteiger partial charge in [0.25, 0.3) is 11.5 Å². The van der Waals surface area contributed by atoms with Gasteiger partial charge in [0, 0.05) is 30.8 Å². The van der Waals surface area contributed by atoms with Crippen molar-refractivity contribution in [3.8, 4) is 0 Å². The fourth-order valence-electron chi connectivity index (χ4n) is 3.64. The Morgan fingerprint density at radius 1 is 1.37 bits per heavy atom. The average Bonchev–Trinajstić information content (AvgIpc) is 3.06. The maximum Gasteiger partial charge on any atom is 0.266 e. The van der Waals surface area contributed by atoms with Crippen LogP contribution in [0.3, 0.4) is 0 Å². The maximum atomic E-state index is 13.1. The van der Waals surface area contributed by atoms with Crippen molar-refractivity contribution in [2.45, 2.75) is 39.0 Å². The molecule has 0 radical (unpaired) electrons. The number of aromatic nitrogens is 2. The number of rotatable bonds is 6. The predicted molar refractivity (Wildman–Crippen MR) is 107 cm³/mol. The number of carbonyl (C=O) groups is 1. The molecule has 27 heavy (non-hydrogen) atoms. The Hall–Kier alpha value is -2.25. The second-order valence-corrected chi connectivity index (χ2v) is 7.81. The van der Waals surface area contributed by atoms with Crippen molar-refractivity contribution in [3.63, 3.8) is 0 Å². The lowest BCUT2D eigenvalue weighted by Crippen LogP contribution is -2.27. The number of ether oxygens (including phenoxy) is 1. The van der Waals surface area contributed by atoms with Gasteiger partial charge in [-0.15, -0.1) is 11.3 Å². The van der Waals surface area contributed by atoms with E-state index in [1.54, 1.807) is 29.7 Å². The Kier molecular flexibility index (Phi) is 5.22. The topological polar surface area (TPSA) is 72.7 Å². The van der Waals surface area contributed by atoms with E-state index >= 15 is 0 Å². The van der Waals surface area contributed by atoms with Gasteiger partial charge in [-0.2, -0.15) is 0 Å². The van der Waals surface area contributed by atoms with E-state index in [9.17, 15) is 9.59 Å². The van der Waals surface area contributed by atoms with Gasteiger partial charge in [0.05, 0.1) is 10.9 Å². The molecule has 0 aliphatic heterocycles. The van der Waals surface area contributed by atoms with Gasteiger partial charge in [0.1, 0.15) is 4.83 Å². The van der Waals surface area contributed by atoms with Gasteiger partial charge in [-0.1, -0.05) is 0 Å². The van der Waals surface area contributed by atoms with E-state index in [0.717, 1.165) is 42.3 Å². The number of fused-ring (bicyclic) bond motifs is 4. The molecule has 3 heterocycles. The average molecular weight is 385 g/mol. The molecule has 4 rings (SSSR count). The Morgan fingerprint density at radius 2 is 2.22 bits per heavy atom. The van der Waals surface area contributed by atoms with Crippen molar-refractivity contribution >= 4 is 33.1 Å². The molecule has 6 nitrogen and oxygen atoms in total. The van der Waals surface area contributed by atoms with E-state index in [4.69, 9.17) is 9.72 Å². The largest absolute Gasteiger partial charge is 0.382 e. The van der Waals surface area contributed by atoms with Gasteiger partial charge in [-0.25, -0.2) is 4.98 Å². The molecule has 142 valence electrons. The van der Waals surface area contributed by atoms with Crippen LogP contribution in [0.2, 0.25) is 0 Å². The van der Waals surface area contributed by atoms with Crippen LogP contribution in [-0.2, 0) is 17.6 Å². The van der Waals surface area contributed by atoms with Gasteiger partial charge in [-0.05, 0) is 56.7 Å². The first kappa shape index (κ1) is 18.1. The van der Waals surface area contributed by atoms with E-state index in [0.29, 0.717) is 31.0 Å². The smallest absolute Gasteiger partial charge is 0.266 e. The van der Waals surface area contributed by atoms with Crippen LogP contribution in [0, 0.1) is 0 Å². The highest BCUT2D eigenvalue weighted by Crippen LogP contribution is 2.34. The second kappa shape index (κ2) is 7.78. The summed E-state index contributed by atoms with van der Waals surface area (Å²) in [5.74, 6) is -0.211. The first-order chi connectivity index (χ1) is 13.2. The molecule has 1 aliphatic carbocycles. The molecule has 3 aromatic heterocycles. The number of aryl methyl sites for hydroxylation is 2. The van der Waals surface area contributed by atoms with Crippen molar-refractivity contribution in [2.24, 2.45) is 0 Å². The molecule has 1 N–H and O–H groups in total. The summed E-state index contributed by atoms with van der Waals surface area (Å²) in [4.78, 5) is 32.5. The quantitative estimate of drug-likeness (QED) is 0.662. The van der Waals surface area contributed by atoms with E-state index < -0.39 is 0 Å². The molecule has 1 aliphatic rings. The summed E-state index contributed by atoms with van der Waals surface area (Å²) in [6, 6.07) is 3.45. The molecular formula is C20H23N3O3S. The van der Waals surface area contributed by atoms with Gasteiger partial charge < -0.3 is 10.1 Å². The fraction of sp³-hybridized carbons (Fsp3) is 0.450. The molecule has 0 saturated heterocycles.